The lowest BCUT2D eigenvalue weighted by Crippen LogP contribution is -2.48. The maximum atomic E-state index is 13.3. The Morgan fingerprint density at radius 1 is 0.938 bits per heavy atom. The van der Waals surface area contributed by atoms with Crippen LogP contribution in [0.4, 0.5) is 13.2 Å². The third-order valence-corrected chi connectivity index (χ3v) is 6.45. The lowest BCUT2D eigenvalue weighted by molar-refractivity contribution is -0.187. The maximum Gasteiger partial charge on any atom is 0.471 e. The van der Waals surface area contributed by atoms with Crippen LogP contribution in [0.3, 0.4) is 0 Å². The van der Waals surface area contributed by atoms with Crippen molar-refractivity contribution in [3.63, 3.8) is 0 Å². The predicted octanol–water partition coefficient (Wildman–Crippen LogP) is 3.90. The Morgan fingerprint density at radius 2 is 1.59 bits per heavy atom. The zero-order valence-corrected chi connectivity index (χ0v) is 17.9. The summed E-state index contributed by atoms with van der Waals surface area (Å²) >= 11 is 0. The number of nitrogens with zero attached hydrogens (tertiary/aromatic N) is 1. The zero-order chi connectivity index (χ0) is 22.7. The molecule has 170 valence electrons. The molecule has 0 aromatic heterocycles. The SMILES string of the molecule is O=C(CCCN(C(=O)C(F)(F)F)C1Cc2ccccc2C1)c1ccc2c(c1)CCNCC2. The number of hydrogen-bond acceptors (Lipinski definition) is 3. The van der Waals surface area contributed by atoms with E-state index in [4.69, 9.17) is 0 Å². The highest BCUT2D eigenvalue weighted by Gasteiger charge is 2.45. The number of fused-ring (bicyclic) bond motifs is 2. The van der Waals surface area contributed by atoms with Crippen LogP contribution >= 0.6 is 0 Å². The minimum atomic E-state index is -4.93. The van der Waals surface area contributed by atoms with Crippen LogP contribution in [-0.2, 0) is 30.5 Å². The van der Waals surface area contributed by atoms with E-state index in [0.717, 1.165) is 47.5 Å². The van der Waals surface area contributed by atoms with Crippen molar-refractivity contribution >= 4 is 11.7 Å². The second kappa shape index (κ2) is 9.45. The summed E-state index contributed by atoms with van der Waals surface area (Å²) in [4.78, 5) is 25.8. The number of benzene rings is 2. The van der Waals surface area contributed by atoms with Crippen LogP contribution in [0.15, 0.2) is 42.5 Å². The number of carbonyl (C=O) groups excluding carboxylic acids is 2. The topological polar surface area (TPSA) is 49.4 Å². The lowest BCUT2D eigenvalue weighted by Gasteiger charge is -2.29. The summed E-state index contributed by atoms with van der Waals surface area (Å²) in [6, 6.07) is 12.7. The summed E-state index contributed by atoms with van der Waals surface area (Å²) in [5, 5.41) is 3.33. The standard InChI is InChI=1S/C25H27F3N2O2/c26-25(27,28)24(32)30(22-15-18-4-1-2-5-19(18)16-22)13-3-6-23(31)21-8-7-17-9-11-29-12-10-20(17)14-21/h1-2,4-5,7-8,14,22,29H,3,6,9-13,15-16H2. The highest BCUT2D eigenvalue weighted by atomic mass is 19.4. The van der Waals surface area contributed by atoms with Gasteiger partial charge >= 0.3 is 12.1 Å². The Kier molecular flexibility index (Phi) is 6.65. The Hall–Kier alpha value is -2.67. The largest absolute Gasteiger partial charge is 0.471 e. The molecule has 4 rings (SSSR count). The molecule has 0 spiro atoms. The number of rotatable bonds is 6. The van der Waals surface area contributed by atoms with Gasteiger partial charge in [-0.2, -0.15) is 13.2 Å². The van der Waals surface area contributed by atoms with Crippen LogP contribution in [0.2, 0.25) is 0 Å². The molecular weight excluding hydrogens is 417 g/mol. The van der Waals surface area contributed by atoms with Crippen molar-refractivity contribution in [2.45, 2.75) is 50.7 Å². The quantitative estimate of drug-likeness (QED) is 0.688. The summed E-state index contributed by atoms with van der Waals surface area (Å²) in [7, 11) is 0. The molecule has 0 saturated heterocycles. The van der Waals surface area contributed by atoms with Crippen molar-refractivity contribution < 1.29 is 22.8 Å². The fourth-order valence-corrected chi connectivity index (χ4v) is 4.77. The molecule has 4 nitrogen and oxygen atoms in total. The summed E-state index contributed by atoms with van der Waals surface area (Å²) in [5.41, 5.74) is 4.93. The van der Waals surface area contributed by atoms with E-state index < -0.39 is 18.1 Å². The number of amides is 1. The van der Waals surface area contributed by atoms with Crippen LogP contribution in [-0.4, -0.2) is 48.4 Å². The molecule has 0 bridgehead atoms. The van der Waals surface area contributed by atoms with Crippen molar-refractivity contribution in [1.29, 1.82) is 0 Å². The Bertz CT molecular complexity index is 978. The number of hydrogen-bond donors (Lipinski definition) is 1. The fraction of sp³-hybridized carbons (Fsp3) is 0.440. The van der Waals surface area contributed by atoms with Crippen LogP contribution in [0.25, 0.3) is 0 Å². The van der Waals surface area contributed by atoms with Gasteiger partial charge in [0.25, 0.3) is 0 Å². The van der Waals surface area contributed by atoms with Gasteiger partial charge in [0.2, 0.25) is 0 Å². The average molecular weight is 444 g/mol. The Labute approximate surface area is 185 Å². The molecular formula is C25H27F3N2O2. The van der Waals surface area contributed by atoms with Gasteiger partial charge in [-0.25, -0.2) is 0 Å². The van der Waals surface area contributed by atoms with E-state index in [1.807, 2.05) is 36.4 Å². The third-order valence-electron chi connectivity index (χ3n) is 6.45. The monoisotopic (exact) mass is 444 g/mol. The van der Waals surface area contributed by atoms with Crippen molar-refractivity contribution in [3.8, 4) is 0 Å². The van der Waals surface area contributed by atoms with E-state index >= 15 is 0 Å². The molecule has 1 aliphatic carbocycles. The average Bonchev–Trinajstić information content (AvgIpc) is 3.05. The summed E-state index contributed by atoms with van der Waals surface area (Å²) in [5.74, 6) is -1.92. The molecule has 0 unspecified atom stereocenters. The van der Waals surface area contributed by atoms with Crippen molar-refractivity contribution in [3.05, 3.63) is 70.3 Å². The first-order valence-electron chi connectivity index (χ1n) is 11.1. The van der Waals surface area contributed by atoms with E-state index in [0.29, 0.717) is 18.4 Å². The Balaban J connectivity index is 1.41. The van der Waals surface area contributed by atoms with Crippen LogP contribution in [0, 0.1) is 0 Å². The molecule has 0 radical (unpaired) electrons. The van der Waals surface area contributed by atoms with E-state index in [2.05, 4.69) is 5.32 Å². The van der Waals surface area contributed by atoms with Gasteiger partial charge in [-0.1, -0.05) is 36.4 Å². The van der Waals surface area contributed by atoms with E-state index in [9.17, 15) is 22.8 Å². The van der Waals surface area contributed by atoms with Gasteiger partial charge in [-0.15, -0.1) is 0 Å². The fourth-order valence-electron chi connectivity index (χ4n) is 4.77. The minimum Gasteiger partial charge on any atom is -0.331 e. The number of alkyl halides is 3. The first kappa shape index (κ1) is 22.5. The van der Waals surface area contributed by atoms with Crippen molar-refractivity contribution in [2.24, 2.45) is 0 Å². The predicted molar refractivity (Wildman–Crippen MR) is 116 cm³/mol. The molecule has 2 aromatic rings. The molecule has 1 amide bonds. The molecule has 1 heterocycles. The second-order valence-corrected chi connectivity index (χ2v) is 8.59. The zero-order valence-electron chi connectivity index (χ0n) is 17.9. The molecule has 0 saturated carbocycles. The van der Waals surface area contributed by atoms with E-state index in [1.54, 1.807) is 6.07 Å². The summed E-state index contributed by atoms with van der Waals surface area (Å²) in [6.07, 6.45) is -2.03. The lowest BCUT2D eigenvalue weighted by atomic mass is 9.97. The molecule has 1 N–H and O–H groups in total. The number of nitrogens with one attached hydrogen (secondary N) is 1. The van der Waals surface area contributed by atoms with Crippen LogP contribution < -0.4 is 5.32 Å². The minimum absolute atomic E-state index is 0.0857. The summed E-state index contributed by atoms with van der Waals surface area (Å²) < 4.78 is 39.8. The molecule has 2 aliphatic rings. The normalized spacial score (nSPS) is 16.2. The molecule has 7 heteroatoms. The number of ketones is 1. The second-order valence-electron chi connectivity index (χ2n) is 8.59. The third kappa shape index (κ3) is 5.04. The van der Waals surface area contributed by atoms with Gasteiger partial charge in [0.05, 0.1) is 0 Å². The molecule has 32 heavy (non-hydrogen) atoms. The van der Waals surface area contributed by atoms with Gasteiger partial charge in [0, 0.05) is 24.6 Å². The van der Waals surface area contributed by atoms with Crippen molar-refractivity contribution in [2.75, 3.05) is 19.6 Å². The summed E-state index contributed by atoms with van der Waals surface area (Å²) in [6.45, 7) is 1.69. The first-order chi connectivity index (χ1) is 15.3. The number of carbonyl (C=O) groups is 2. The highest BCUT2D eigenvalue weighted by Crippen LogP contribution is 2.29. The van der Waals surface area contributed by atoms with Crippen molar-refractivity contribution in [1.82, 2.24) is 10.2 Å². The smallest absolute Gasteiger partial charge is 0.331 e. The molecule has 0 fully saturated rings. The van der Waals surface area contributed by atoms with Gasteiger partial charge in [0.1, 0.15) is 0 Å². The van der Waals surface area contributed by atoms with Crippen LogP contribution in [0.5, 0.6) is 0 Å². The molecule has 1 aliphatic heterocycles. The van der Waals surface area contributed by atoms with E-state index in [1.165, 1.54) is 5.56 Å². The number of Topliss-reactive ketones (excluding diaryl/α,β-unsaturated/α-hetero) is 1. The maximum absolute atomic E-state index is 13.3. The number of halogens is 3. The highest BCUT2D eigenvalue weighted by molar-refractivity contribution is 5.96. The first-order valence-corrected chi connectivity index (χ1v) is 11.1. The molecule has 0 atom stereocenters. The van der Waals surface area contributed by atoms with E-state index in [-0.39, 0.29) is 25.2 Å². The van der Waals surface area contributed by atoms with Gasteiger partial charge in [0.15, 0.2) is 5.78 Å². The Morgan fingerprint density at radius 3 is 2.25 bits per heavy atom. The van der Waals surface area contributed by atoms with Gasteiger partial charge in [-0.3, -0.25) is 9.59 Å². The van der Waals surface area contributed by atoms with Gasteiger partial charge in [-0.05, 0) is 73.5 Å². The molecule has 2 aromatic carbocycles. The van der Waals surface area contributed by atoms with Crippen LogP contribution in [0.1, 0.15) is 45.5 Å². The van der Waals surface area contributed by atoms with Gasteiger partial charge < -0.3 is 10.2 Å².